The molecule has 1 aliphatic heterocycles. The summed E-state index contributed by atoms with van der Waals surface area (Å²) in [6, 6.07) is -0.615. The fraction of sp³-hybridized carbons (Fsp3) is 0.625. The average molecular weight is 349 g/mol. The van der Waals surface area contributed by atoms with Crippen molar-refractivity contribution >= 4 is 17.1 Å². The number of aromatic amines is 1. The van der Waals surface area contributed by atoms with E-state index in [1.807, 2.05) is 13.8 Å². The molecule has 0 spiro atoms. The van der Waals surface area contributed by atoms with Crippen molar-refractivity contribution in [3.63, 3.8) is 0 Å². The molecule has 25 heavy (non-hydrogen) atoms. The van der Waals surface area contributed by atoms with Gasteiger partial charge in [-0.2, -0.15) is 0 Å². The highest BCUT2D eigenvalue weighted by Gasteiger charge is 2.30. The molecule has 0 aliphatic carbocycles. The van der Waals surface area contributed by atoms with Crippen LogP contribution in [-0.2, 0) is 14.3 Å². The van der Waals surface area contributed by atoms with Gasteiger partial charge in [0.15, 0.2) is 11.2 Å². The number of carbonyl (C=O) groups is 1. The van der Waals surface area contributed by atoms with Crippen LogP contribution in [0.4, 0.5) is 0 Å². The molecule has 1 saturated heterocycles. The lowest BCUT2D eigenvalue weighted by molar-refractivity contribution is -0.151. The minimum absolute atomic E-state index is 0.0752. The van der Waals surface area contributed by atoms with Crippen LogP contribution >= 0.6 is 0 Å². The first-order chi connectivity index (χ1) is 12.0. The van der Waals surface area contributed by atoms with E-state index >= 15 is 0 Å². The Bertz CT molecular complexity index is 801. The molecule has 1 fully saturated rings. The molecule has 3 rings (SSSR count). The van der Waals surface area contributed by atoms with Crippen LogP contribution in [0.25, 0.3) is 11.2 Å². The van der Waals surface area contributed by atoms with E-state index in [2.05, 4.69) is 15.0 Å². The molecule has 1 aliphatic rings. The molecule has 0 aromatic carbocycles. The van der Waals surface area contributed by atoms with E-state index in [1.54, 1.807) is 10.9 Å². The van der Waals surface area contributed by atoms with Crippen LogP contribution in [0, 0.1) is 5.92 Å². The summed E-state index contributed by atoms with van der Waals surface area (Å²) in [7, 11) is 0. The number of aromatic nitrogens is 4. The van der Waals surface area contributed by atoms with E-state index in [0.717, 1.165) is 19.3 Å². The Labute approximate surface area is 144 Å². The third-order valence-electron chi connectivity index (χ3n) is 4.70. The molecule has 9 nitrogen and oxygen atoms in total. The monoisotopic (exact) mass is 349 g/mol. The highest BCUT2D eigenvalue weighted by Crippen LogP contribution is 2.30. The molecule has 2 aromatic rings. The van der Waals surface area contributed by atoms with Crippen molar-refractivity contribution in [3.8, 4) is 0 Å². The highest BCUT2D eigenvalue weighted by molar-refractivity contribution is 5.75. The van der Waals surface area contributed by atoms with Gasteiger partial charge in [-0.25, -0.2) is 9.97 Å². The first-order valence-corrected chi connectivity index (χ1v) is 8.49. The van der Waals surface area contributed by atoms with Gasteiger partial charge in [-0.05, 0) is 18.8 Å². The predicted octanol–water partition coefficient (Wildman–Crippen LogP) is 0.714. The maximum Gasteiger partial charge on any atom is 0.323 e. The minimum atomic E-state index is -0.615. The second-order valence-corrected chi connectivity index (χ2v) is 6.39. The van der Waals surface area contributed by atoms with E-state index < -0.39 is 12.0 Å². The van der Waals surface area contributed by atoms with Crippen LogP contribution in [0.3, 0.4) is 0 Å². The van der Waals surface area contributed by atoms with Gasteiger partial charge in [0, 0.05) is 0 Å². The largest absolute Gasteiger partial charge is 0.462 e. The van der Waals surface area contributed by atoms with E-state index in [1.165, 1.54) is 6.33 Å². The van der Waals surface area contributed by atoms with Crippen LogP contribution in [-0.4, -0.2) is 44.2 Å². The summed E-state index contributed by atoms with van der Waals surface area (Å²) in [6.07, 6.45) is 4.67. The number of nitrogens with two attached hydrogens (primary N) is 1. The number of hydrogen-bond acceptors (Lipinski definition) is 7. The number of H-pyrrole nitrogens is 1. The second kappa shape index (κ2) is 7.32. The third kappa shape index (κ3) is 3.57. The Morgan fingerprint density at radius 3 is 3.08 bits per heavy atom. The van der Waals surface area contributed by atoms with E-state index in [-0.39, 0.29) is 35.9 Å². The molecule has 0 bridgehead atoms. The van der Waals surface area contributed by atoms with Crippen molar-refractivity contribution in [2.75, 3.05) is 6.61 Å². The van der Waals surface area contributed by atoms with Gasteiger partial charge in [-0.1, -0.05) is 20.3 Å². The summed E-state index contributed by atoms with van der Waals surface area (Å²) < 4.78 is 13.0. The lowest BCUT2D eigenvalue weighted by Crippen LogP contribution is -2.39. The number of nitrogens with zero attached hydrogens (tertiary/aromatic N) is 3. The molecule has 1 unspecified atom stereocenters. The second-order valence-electron chi connectivity index (χ2n) is 6.39. The molecule has 0 saturated carbocycles. The van der Waals surface area contributed by atoms with Gasteiger partial charge < -0.3 is 20.2 Å². The van der Waals surface area contributed by atoms with Crippen molar-refractivity contribution < 1.29 is 14.3 Å². The number of carbonyl (C=O) groups excluding carboxylic acids is 1. The van der Waals surface area contributed by atoms with Gasteiger partial charge in [0.2, 0.25) is 0 Å². The summed E-state index contributed by atoms with van der Waals surface area (Å²) in [6.45, 7) is 4.07. The van der Waals surface area contributed by atoms with Gasteiger partial charge in [-0.15, -0.1) is 0 Å². The van der Waals surface area contributed by atoms with Gasteiger partial charge in [0.25, 0.3) is 5.56 Å². The first kappa shape index (κ1) is 17.6. The summed E-state index contributed by atoms with van der Waals surface area (Å²) >= 11 is 0. The number of esters is 1. The van der Waals surface area contributed by atoms with Crippen molar-refractivity contribution in [1.29, 1.82) is 0 Å². The number of ether oxygens (including phenoxy) is 2. The summed E-state index contributed by atoms with van der Waals surface area (Å²) in [5.41, 5.74) is 6.34. The average Bonchev–Trinajstić information content (AvgIpc) is 3.25. The molecule has 136 valence electrons. The summed E-state index contributed by atoms with van der Waals surface area (Å²) in [4.78, 5) is 34.4. The number of fused-ring (bicyclic) bond motifs is 1. The third-order valence-corrected chi connectivity index (χ3v) is 4.70. The molecule has 2 aromatic heterocycles. The Morgan fingerprint density at radius 2 is 2.32 bits per heavy atom. The van der Waals surface area contributed by atoms with Crippen molar-refractivity contribution in [1.82, 2.24) is 19.5 Å². The summed E-state index contributed by atoms with van der Waals surface area (Å²) in [5.74, 6) is -0.325. The van der Waals surface area contributed by atoms with Crippen LogP contribution in [0.1, 0.15) is 39.3 Å². The fourth-order valence-corrected chi connectivity index (χ4v) is 2.85. The highest BCUT2D eigenvalue weighted by atomic mass is 16.6. The Kier molecular flexibility index (Phi) is 5.14. The number of imidazole rings is 1. The molecule has 9 heteroatoms. The van der Waals surface area contributed by atoms with E-state index in [4.69, 9.17) is 15.2 Å². The fourth-order valence-electron chi connectivity index (χ4n) is 2.85. The lowest BCUT2D eigenvalue weighted by Gasteiger charge is -2.19. The number of rotatable bonds is 6. The first-order valence-electron chi connectivity index (χ1n) is 8.49. The van der Waals surface area contributed by atoms with Crippen molar-refractivity contribution in [2.45, 2.75) is 51.5 Å². The molecular formula is C16H23N5O4. The standard InChI is InChI=1S/C16H23N5O4/c1-3-9(2)12(17)16(23)24-6-10-4-5-11(25-10)21-8-20-13-14(21)18-7-19-15(13)22/h7-12H,3-6,17H2,1-2H3,(H,18,19,22)/t9?,10-,11+,12-/m0/s1. The zero-order valence-electron chi connectivity index (χ0n) is 14.3. The summed E-state index contributed by atoms with van der Waals surface area (Å²) in [5, 5.41) is 0. The van der Waals surface area contributed by atoms with Crippen LogP contribution in [0.15, 0.2) is 17.4 Å². The van der Waals surface area contributed by atoms with Gasteiger partial charge in [0.05, 0.1) is 18.8 Å². The van der Waals surface area contributed by atoms with Crippen molar-refractivity contribution in [2.24, 2.45) is 11.7 Å². The smallest absolute Gasteiger partial charge is 0.323 e. The van der Waals surface area contributed by atoms with E-state index in [0.29, 0.717) is 5.65 Å². The molecule has 0 amide bonds. The van der Waals surface area contributed by atoms with Crippen LogP contribution in [0.5, 0.6) is 0 Å². The Balaban J connectivity index is 1.59. The van der Waals surface area contributed by atoms with Gasteiger partial charge >= 0.3 is 5.97 Å². The van der Waals surface area contributed by atoms with Crippen LogP contribution in [0.2, 0.25) is 0 Å². The molecule has 3 N–H and O–H groups in total. The topological polar surface area (TPSA) is 125 Å². The predicted molar refractivity (Wildman–Crippen MR) is 89.7 cm³/mol. The number of nitrogens with one attached hydrogen (secondary N) is 1. The van der Waals surface area contributed by atoms with Crippen LogP contribution < -0.4 is 11.3 Å². The maximum atomic E-state index is 12.0. The Morgan fingerprint density at radius 1 is 1.52 bits per heavy atom. The maximum absolute atomic E-state index is 12.0. The van der Waals surface area contributed by atoms with Gasteiger partial charge in [-0.3, -0.25) is 14.2 Å². The minimum Gasteiger partial charge on any atom is -0.462 e. The Hall–Kier alpha value is -2.26. The SMILES string of the molecule is CCC(C)[C@H](N)C(=O)OC[C@@H]1CC[C@H](n2cnc3c(=O)[nH]cnc32)O1. The van der Waals surface area contributed by atoms with E-state index in [9.17, 15) is 9.59 Å². The zero-order chi connectivity index (χ0) is 18.0. The van der Waals surface area contributed by atoms with Crippen molar-refractivity contribution in [3.05, 3.63) is 23.0 Å². The zero-order valence-corrected chi connectivity index (χ0v) is 14.3. The quantitative estimate of drug-likeness (QED) is 0.736. The molecule has 0 radical (unpaired) electrons. The molecule has 4 atom stereocenters. The normalized spacial score (nSPS) is 22.8. The van der Waals surface area contributed by atoms with Gasteiger partial charge in [0.1, 0.15) is 18.9 Å². The number of hydrogen-bond donors (Lipinski definition) is 2. The lowest BCUT2D eigenvalue weighted by atomic mass is 10.0. The molecular weight excluding hydrogens is 326 g/mol. The molecule has 3 heterocycles.